The molecule has 4 rings (SSSR count). The van der Waals surface area contributed by atoms with Crippen molar-refractivity contribution in [2.75, 3.05) is 14.1 Å². The molecule has 11 heteroatoms. The van der Waals surface area contributed by atoms with Gasteiger partial charge in [-0.3, -0.25) is 19.3 Å². The Morgan fingerprint density at radius 3 is 2.33 bits per heavy atom. The molecule has 5 atom stereocenters. The van der Waals surface area contributed by atoms with E-state index in [1.54, 1.807) is 0 Å². The molecule has 174 valence electrons. The maximum absolute atomic E-state index is 13.7. The molecule has 3 unspecified atom stereocenters. The monoisotopic (exact) mass is 476 g/mol. The highest BCUT2D eigenvalue weighted by molar-refractivity contribution is 6.33. The van der Waals surface area contributed by atoms with Gasteiger partial charge in [0.2, 0.25) is 5.78 Å². The van der Waals surface area contributed by atoms with Crippen LogP contribution in [0.4, 0.5) is 0 Å². The molecular formula is C22H21ClN2O8. The molecule has 1 aromatic carbocycles. The largest absolute Gasteiger partial charge is 0.508 e. The van der Waals surface area contributed by atoms with Gasteiger partial charge in [-0.2, -0.15) is 0 Å². The lowest BCUT2D eigenvalue weighted by Gasteiger charge is -2.52. The second-order valence-corrected chi connectivity index (χ2v) is 8.96. The average molecular weight is 477 g/mol. The summed E-state index contributed by atoms with van der Waals surface area (Å²) in [5, 5.41) is 55.0. The minimum atomic E-state index is -2.97. The second kappa shape index (κ2) is 7.16. The molecule has 1 saturated carbocycles. The third-order valence-electron chi connectivity index (χ3n) is 6.67. The topological polar surface area (TPSA) is 182 Å². The molecule has 0 heterocycles. The first-order chi connectivity index (χ1) is 15.3. The molecule has 0 bridgehead atoms. The molecule has 0 spiro atoms. The van der Waals surface area contributed by atoms with Crippen molar-refractivity contribution in [3.05, 3.63) is 51.8 Å². The number of nitrogens with two attached hydrogens (primary N) is 1. The standard InChI is InChI=1S/C22H21ClN2O8/c1-6-9-7(23)4-5-8(26)11(9)16(27)12-10(6)17(28)14-15(25(2)3)18(29)13(21(24)32)20(31)22(14,33)19(12)30/h4-5,10,14-15,17,26-28,31,33H,1H2,2-3H3,(H2,24,32)/t10?,14?,15-,17?,22-/m0/s1. The van der Waals surface area contributed by atoms with Crippen molar-refractivity contribution in [3.8, 4) is 5.75 Å². The summed E-state index contributed by atoms with van der Waals surface area (Å²) in [7, 11) is 2.84. The van der Waals surface area contributed by atoms with E-state index in [2.05, 4.69) is 6.58 Å². The highest BCUT2D eigenvalue weighted by atomic mass is 35.5. The Kier molecular flexibility index (Phi) is 4.99. The minimum absolute atomic E-state index is 0.0516. The van der Waals surface area contributed by atoms with Gasteiger partial charge in [-0.15, -0.1) is 0 Å². The number of halogens is 1. The van der Waals surface area contributed by atoms with Gasteiger partial charge in [0, 0.05) is 16.5 Å². The molecule has 1 aromatic rings. The zero-order valence-corrected chi connectivity index (χ0v) is 18.3. The molecule has 1 fully saturated rings. The zero-order chi connectivity index (χ0) is 24.7. The first kappa shape index (κ1) is 23.0. The van der Waals surface area contributed by atoms with Crippen LogP contribution >= 0.6 is 11.6 Å². The van der Waals surface area contributed by atoms with Crippen LogP contribution in [-0.2, 0) is 14.4 Å². The number of ketones is 2. The first-order valence-electron chi connectivity index (χ1n) is 9.81. The Morgan fingerprint density at radius 2 is 1.79 bits per heavy atom. The summed E-state index contributed by atoms with van der Waals surface area (Å²) in [6.45, 7) is 3.89. The van der Waals surface area contributed by atoms with E-state index in [0.29, 0.717) is 0 Å². The fourth-order valence-corrected chi connectivity index (χ4v) is 5.54. The van der Waals surface area contributed by atoms with Gasteiger partial charge < -0.3 is 31.3 Å². The molecule has 0 aromatic heterocycles. The van der Waals surface area contributed by atoms with E-state index >= 15 is 0 Å². The van der Waals surface area contributed by atoms with Crippen molar-refractivity contribution < 1.29 is 39.9 Å². The van der Waals surface area contributed by atoms with Gasteiger partial charge in [0.15, 0.2) is 11.4 Å². The smallest absolute Gasteiger partial charge is 0.255 e. The predicted molar refractivity (Wildman–Crippen MR) is 116 cm³/mol. The van der Waals surface area contributed by atoms with E-state index < -0.39 is 75.5 Å². The van der Waals surface area contributed by atoms with Crippen LogP contribution in [-0.4, -0.2) is 79.7 Å². The Morgan fingerprint density at radius 1 is 1.18 bits per heavy atom. The Hall–Kier alpha value is -3.18. The van der Waals surface area contributed by atoms with E-state index in [1.807, 2.05) is 0 Å². The third-order valence-corrected chi connectivity index (χ3v) is 6.99. The van der Waals surface area contributed by atoms with Gasteiger partial charge in [0.1, 0.15) is 22.8 Å². The van der Waals surface area contributed by atoms with Crippen LogP contribution in [0.15, 0.2) is 35.6 Å². The third kappa shape index (κ3) is 2.69. The number of aliphatic hydroxyl groups excluding tert-OH is 3. The van der Waals surface area contributed by atoms with E-state index in [4.69, 9.17) is 17.3 Å². The number of aliphatic hydroxyl groups is 4. The van der Waals surface area contributed by atoms with Gasteiger partial charge in [-0.25, -0.2) is 0 Å². The number of Topliss-reactive ketones (excluding diaryl/α,β-unsaturated/α-hetero) is 2. The van der Waals surface area contributed by atoms with Crippen molar-refractivity contribution in [2.24, 2.45) is 17.6 Å². The predicted octanol–water partition coefficient (Wildman–Crippen LogP) is 0.0589. The Labute approximate surface area is 192 Å². The summed E-state index contributed by atoms with van der Waals surface area (Å²) in [4.78, 5) is 39.9. The molecule has 3 aliphatic rings. The lowest BCUT2D eigenvalue weighted by molar-refractivity contribution is -0.166. The highest BCUT2D eigenvalue weighted by Gasteiger charge is 2.68. The zero-order valence-electron chi connectivity index (χ0n) is 17.5. The van der Waals surface area contributed by atoms with Crippen LogP contribution in [0.3, 0.4) is 0 Å². The van der Waals surface area contributed by atoms with Gasteiger partial charge in [-0.1, -0.05) is 18.2 Å². The lowest BCUT2D eigenvalue weighted by atomic mass is 9.55. The van der Waals surface area contributed by atoms with E-state index in [9.17, 15) is 39.9 Å². The highest BCUT2D eigenvalue weighted by Crippen LogP contribution is 2.56. The van der Waals surface area contributed by atoms with Crippen molar-refractivity contribution in [1.82, 2.24) is 4.90 Å². The number of carbonyl (C=O) groups is 3. The van der Waals surface area contributed by atoms with E-state index in [0.717, 1.165) is 0 Å². The SMILES string of the molecule is C=C1c2c(Cl)ccc(O)c2C(O)=C2C(=O)[C@]3(O)C(O)=C(C(N)=O)C(=O)[C@@H](N(C)C)C3C(O)C12. The molecule has 33 heavy (non-hydrogen) atoms. The average Bonchev–Trinajstić information content (AvgIpc) is 2.72. The number of phenols is 1. The number of hydrogen-bond acceptors (Lipinski definition) is 9. The normalized spacial score (nSPS) is 31.5. The maximum atomic E-state index is 13.7. The lowest BCUT2D eigenvalue weighted by Crippen LogP contribution is -2.70. The molecule has 7 N–H and O–H groups in total. The van der Waals surface area contributed by atoms with E-state index in [-0.39, 0.29) is 21.7 Å². The van der Waals surface area contributed by atoms with Gasteiger partial charge >= 0.3 is 0 Å². The van der Waals surface area contributed by atoms with Crippen molar-refractivity contribution >= 4 is 40.4 Å². The van der Waals surface area contributed by atoms with Crippen LogP contribution in [0.5, 0.6) is 5.75 Å². The Balaban J connectivity index is 2.10. The van der Waals surface area contributed by atoms with Gasteiger partial charge in [-0.05, 0) is 31.8 Å². The van der Waals surface area contributed by atoms with Crippen LogP contribution < -0.4 is 5.73 Å². The van der Waals surface area contributed by atoms with Gasteiger partial charge in [0.25, 0.3) is 5.91 Å². The molecule has 3 aliphatic carbocycles. The molecule has 0 radical (unpaired) electrons. The number of likely N-dealkylation sites (N-methyl/N-ethyl adjacent to an activating group) is 1. The number of benzene rings is 1. The van der Waals surface area contributed by atoms with Crippen molar-refractivity contribution in [3.63, 3.8) is 0 Å². The molecule has 10 nitrogen and oxygen atoms in total. The van der Waals surface area contributed by atoms with Crippen molar-refractivity contribution in [1.29, 1.82) is 0 Å². The molecule has 1 amide bonds. The number of carbonyl (C=O) groups excluding carboxylic acids is 3. The summed E-state index contributed by atoms with van der Waals surface area (Å²) >= 11 is 6.25. The maximum Gasteiger partial charge on any atom is 0.255 e. The van der Waals surface area contributed by atoms with Gasteiger partial charge in [0.05, 0.1) is 29.2 Å². The number of aromatic hydroxyl groups is 1. The van der Waals surface area contributed by atoms with Crippen molar-refractivity contribution in [2.45, 2.75) is 17.7 Å². The van der Waals surface area contributed by atoms with E-state index in [1.165, 1.54) is 31.1 Å². The quantitative estimate of drug-likeness (QED) is 0.321. The molecule has 0 aliphatic heterocycles. The number of hydrogen-bond donors (Lipinski definition) is 6. The summed E-state index contributed by atoms with van der Waals surface area (Å²) in [6, 6.07) is 1.08. The summed E-state index contributed by atoms with van der Waals surface area (Å²) in [6.07, 6.45) is -1.75. The van der Waals surface area contributed by atoms with Crippen LogP contribution in [0.1, 0.15) is 11.1 Å². The number of fused-ring (bicyclic) bond motifs is 3. The first-order valence-corrected chi connectivity index (χ1v) is 10.2. The van der Waals surface area contributed by atoms with Crippen LogP contribution in [0.25, 0.3) is 11.3 Å². The second-order valence-electron chi connectivity index (χ2n) is 8.55. The summed E-state index contributed by atoms with van der Waals surface area (Å²) in [5.41, 5.74) is 0.634. The molecule has 0 saturated heterocycles. The van der Waals surface area contributed by atoms with Crippen LogP contribution in [0, 0.1) is 11.8 Å². The Bertz CT molecular complexity index is 1230. The fraction of sp³-hybridized carbons (Fsp3) is 0.318. The number of amides is 1. The number of primary amides is 1. The van der Waals surface area contributed by atoms with Crippen LogP contribution in [0.2, 0.25) is 5.02 Å². The summed E-state index contributed by atoms with van der Waals surface area (Å²) in [5.74, 6) is -9.18. The molecular weight excluding hydrogens is 456 g/mol. The number of phenolic OH excluding ortho intramolecular Hbond substituents is 1. The minimum Gasteiger partial charge on any atom is -0.508 e. The number of rotatable bonds is 2. The summed E-state index contributed by atoms with van der Waals surface area (Å²) < 4.78 is 0. The fourth-order valence-electron chi connectivity index (χ4n) is 5.26. The number of nitrogens with zero attached hydrogens (tertiary/aromatic N) is 1.